The van der Waals surface area contributed by atoms with E-state index in [9.17, 15) is 8.42 Å². The average molecular weight is 358 g/mol. The third-order valence-electron chi connectivity index (χ3n) is 4.79. The summed E-state index contributed by atoms with van der Waals surface area (Å²) in [4.78, 5) is 11.4. The first-order chi connectivity index (χ1) is 12.0. The van der Waals surface area contributed by atoms with Crippen LogP contribution < -0.4 is 10.2 Å². The van der Waals surface area contributed by atoms with E-state index in [0.717, 1.165) is 30.9 Å². The number of rotatable bonds is 3. The highest BCUT2D eigenvalue weighted by molar-refractivity contribution is 7.91. The quantitative estimate of drug-likeness (QED) is 0.908. The Bertz CT molecular complexity index is 898. The predicted molar refractivity (Wildman–Crippen MR) is 99.2 cm³/mol. The van der Waals surface area contributed by atoms with Crippen LogP contribution in [0.3, 0.4) is 0 Å². The maximum atomic E-state index is 11.7. The van der Waals surface area contributed by atoms with Gasteiger partial charge in [0.1, 0.15) is 5.82 Å². The minimum Gasteiger partial charge on any atom is -0.350 e. The van der Waals surface area contributed by atoms with E-state index in [1.807, 2.05) is 19.1 Å². The number of hydrogen-bond acceptors (Lipinski definition) is 6. The first kappa shape index (κ1) is 16.3. The maximum Gasteiger partial charge on any atom is 0.225 e. The Morgan fingerprint density at radius 2 is 2.08 bits per heavy atom. The highest BCUT2D eigenvalue weighted by Gasteiger charge is 2.28. The van der Waals surface area contributed by atoms with E-state index in [-0.39, 0.29) is 17.5 Å². The Morgan fingerprint density at radius 1 is 1.24 bits per heavy atom. The van der Waals surface area contributed by atoms with Crippen LogP contribution in [0.5, 0.6) is 0 Å². The Morgan fingerprint density at radius 3 is 2.88 bits per heavy atom. The van der Waals surface area contributed by atoms with Crippen LogP contribution in [-0.2, 0) is 16.3 Å². The molecule has 1 aromatic heterocycles. The number of aryl methyl sites for hydroxylation is 2. The highest BCUT2D eigenvalue weighted by atomic mass is 32.2. The van der Waals surface area contributed by atoms with Crippen molar-refractivity contribution in [3.05, 3.63) is 41.6 Å². The number of anilines is 3. The third kappa shape index (κ3) is 3.46. The van der Waals surface area contributed by atoms with Crippen molar-refractivity contribution in [2.45, 2.75) is 32.2 Å². The summed E-state index contributed by atoms with van der Waals surface area (Å²) in [7, 11) is -2.92. The van der Waals surface area contributed by atoms with Gasteiger partial charge in [0.25, 0.3) is 0 Å². The van der Waals surface area contributed by atoms with E-state index in [1.54, 1.807) is 0 Å². The second-order valence-electron chi connectivity index (χ2n) is 6.82. The van der Waals surface area contributed by atoms with Crippen LogP contribution in [0.1, 0.15) is 24.1 Å². The molecule has 0 saturated carbocycles. The Kier molecular flexibility index (Phi) is 4.11. The first-order valence-corrected chi connectivity index (χ1v) is 10.5. The fraction of sp³-hybridized carbons (Fsp3) is 0.444. The number of nitrogens with zero attached hydrogens (tertiary/aromatic N) is 3. The molecule has 1 unspecified atom stereocenters. The van der Waals surface area contributed by atoms with Crippen LogP contribution in [0.25, 0.3) is 0 Å². The standard InChI is InChI=1S/C18H22N4O2S/c1-13-11-17(22-9-4-6-14-5-2-3-7-16(14)22)21-18(19-13)20-15-8-10-25(23,24)12-15/h2-3,5,7,11,15H,4,6,8-10,12H2,1H3,(H,19,20,21). The van der Waals surface area contributed by atoms with Crippen molar-refractivity contribution in [2.75, 3.05) is 28.3 Å². The molecule has 2 aliphatic rings. The van der Waals surface area contributed by atoms with E-state index in [0.29, 0.717) is 12.4 Å². The van der Waals surface area contributed by atoms with Crippen LogP contribution in [0.4, 0.5) is 17.5 Å². The van der Waals surface area contributed by atoms with Crippen molar-refractivity contribution in [3.8, 4) is 0 Å². The van der Waals surface area contributed by atoms with E-state index in [4.69, 9.17) is 0 Å². The molecule has 4 rings (SSSR count). The Hall–Kier alpha value is -2.15. The second-order valence-corrected chi connectivity index (χ2v) is 9.05. The van der Waals surface area contributed by atoms with Crippen LogP contribution in [-0.4, -0.2) is 42.5 Å². The van der Waals surface area contributed by atoms with Gasteiger partial charge in [0, 0.05) is 30.0 Å². The summed E-state index contributed by atoms with van der Waals surface area (Å²) < 4.78 is 23.3. The zero-order valence-corrected chi connectivity index (χ0v) is 15.1. The van der Waals surface area contributed by atoms with Gasteiger partial charge in [-0.25, -0.2) is 13.4 Å². The van der Waals surface area contributed by atoms with Gasteiger partial charge in [0.05, 0.1) is 11.5 Å². The molecule has 7 heteroatoms. The SMILES string of the molecule is Cc1cc(N2CCCc3ccccc32)nc(NC2CCS(=O)(=O)C2)n1. The van der Waals surface area contributed by atoms with Crippen molar-refractivity contribution in [1.82, 2.24) is 9.97 Å². The summed E-state index contributed by atoms with van der Waals surface area (Å²) in [5, 5.41) is 3.21. The molecule has 2 aromatic rings. The molecule has 2 aliphatic heterocycles. The molecule has 0 radical (unpaired) electrons. The minimum absolute atomic E-state index is 0.103. The van der Waals surface area contributed by atoms with Gasteiger partial charge in [-0.05, 0) is 37.8 Å². The number of benzene rings is 1. The largest absolute Gasteiger partial charge is 0.350 e. The Balaban J connectivity index is 1.63. The summed E-state index contributed by atoms with van der Waals surface area (Å²) >= 11 is 0. The molecule has 1 N–H and O–H groups in total. The zero-order chi connectivity index (χ0) is 17.4. The molecular formula is C18H22N4O2S. The second kappa shape index (κ2) is 6.29. The number of aromatic nitrogens is 2. The molecule has 0 spiro atoms. The molecular weight excluding hydrogens is 336 g/mol. The molecule has 1 fully saturated rings. The van der Waals surface area contributed by atoms with E-state index in [1.165, 1.54) is 11.3 Å². The van der Waals surface area contributed by atoms with Crippen molar-refractivity contribution < 1.29 is 8.42 Å². The van der Waals surface area contributed by atoms with Gasteiger partial charge in [0.2, 0.25) is 5.95 Å². The van der Waals surface area contributed by atoms with Crippen LogP contribution >= 0.6 is 0 Å². The smallest absolute Gasteiger partial charge is 0.225 e. The van der Waals surface area contributed by atoms with E-state index < -0.39 is 9.84 Å². The molecule has 3 heterocycles. The molecule has 1 saturated heterocycles. The lowest BCUT2D eigenvalue weighted by molar-refractivity contribution is 0.602. The molecule has 25 heavy (non-hydrogen) atoms. The van der Waals surface area contributed by atoms with Gasteiger partial charge in [-0.1, -0.05) is 18.2 Å². The lowest BCUT2D eigenvalue weighted by Crippen LogP contribution is -2.27. The van der Waals surface area contributed by atoms with E-state index >= 15 is 0 Å². The molecule has 1 aromatic carbocycles. The fourth-order valence-electron chi connectivity index (χ4n) is 3.62. The van der Waals surface area contributed by atoms with Gasteiger partial charge < -0.3 is 10.2 Å². The number of fused-ring (bicyclic) bond motifs is 1. The van der Waals surface area contributed by atoms with Crippen molar-refractivity contribution >= 4 is 27.3 Å². The maximum absolute atomic E-state index is 11.7. The lowest BCUT2D eigenvalue weighted by atomic mass is 10.0. The molecule has 0 bridgehead atoms. The summed E-state index contributed by atoms with van der Waals surface area (Å²) in [6.45, 7) is 2.86. The lowest BCUT2D eigenvalue weighted by Gasteiger charge is -2.30. The van der Waals surface area contributed by atoms with Gasteiger partial charge >= 0.3 is 0 Å². The van der Waals surface area contributed by atoms with Crippen LogP contribution in [0.15, 0.2) is 30.3 Å². The minimum atomic E-state index is -2.92. The number of para-hydroxylation sites is 1. The zero-order valence-electron chi connectivity index (χ0n) is 14.3. The van der Waals surface area contributed by atoms with Gasteiger partial charge in [0.15, 0.2) is 9.84 Å². The molecule has 1 atom stereocenters. The number of sulfone groups is 1. The van der Waals surface area contributed by atoms with Crippen molar-refractivity contribution in [1.29, 1.82) is 0 Å². The van der Waals surface area contributed by atoms with Gasteiger partial charge in [-0.15, -0.1) is 0 Å². The van der Waals surface area contributed by atoms with Gasteiger partial charge in [-0.2, -0.15) is 4.98 Å². The first-order valence-electron chi connectivity index (χ1n) is 8.68. The highest BCUT2D eigenvalue weighted by Crippen LogP contribution is 2.33. The predicted octanol–water partition coefficient (Wildman–Crippen LogP) is 2.47. The summed E-state index contributed by atoms with van der Waals surface area (Å²) in [5.41, 5.74) is 3.40. The summed E-state index contributed by atoms with van der Waals surface area (Å²) in [6.07, 6.45) is 2.78. The Labute approximate surface area is 148 Å². The third-order valence-corrected chi connectivity index (χ3v) is 6.56. The van der Waals surface area contributed by atoms with Crippen LogP contribution in [0, 0.1) is 6.92 Å². The van der Waals surface area contributed by atoms with Gasteiger partial charge in [-0.3, -0.25) is 0 Å². The van der Waals surface area contributed by atoms with E-state index in [2.05, 4.69) is 38.4 Å². The number of nitrogens with one attached hydrogen (secondary N) is 1. The number of hydrogen-bond donors (Lipinski definition) is 1. The normalized spacial score (nSPS) is 21.8. The van der Waals surface area contributed by atoms with Crippen molar-refractivity contribution in [2.24, 2.45) is 0 Å². The van der Waals surface area contributed by atoms with Crippen LogP contribution in [0.2, 0.25) is 0 Å². The molecule has 0 aliphatic carbocycles. The monoisotopic (exact) mass is 358 g/mol. The topological polar surface area (TPSA) is 75.2 Å². The fourth-order valence-corrected chi connectivity index (χ4v) is 5.29. The summed E-state index contributed by atoms with van der Waals surface area (Å²) in [5.74, 6) is 1.78. The summed E-state index contributed by atoms with van der Waals surface area (Å²) in [6, 6.07) is 10.3. The average Bonchev–Trinajstić information content (AvgIpc) is 2.92. The molecule has 0 amide bonds. The van der Waals surface area contributed by atoms with Crippen molar-refractivity contribution in [3.63, 3.8) is 0 Å². The molecule has 6 nitrogen and oxygen atoms in total. The molecule has 132 valence electrons.